The van der Waals surface area contributed by atoms with Gasteiger partial charge in [0.05, 0.1) is 19.8 Å². The van der Waals surface area contributed by atoms with Crippen LogP contribution in [0.5, 0.6) is 5.75 Å². The summed E-state index contributed by atoms with van der Waals surface area (Å²) in [5, 5.41) is 31.9. The molecule has 1 aliphatic heterocycles. The lowest BCUT2D eigenvalue weighted by molar-refractivity contribution is -0.0218. The molecule has 0 aromatic heterocycles. The largest absolute Gasteiger partial charge is 0.497 e. The highest BCUT2D eigenvalue weighted by Crippen LogP contribution is 2.22. The van der Waals surface area contributed by atoms with E-state index in [0.717, 1.165) is 11.3 Å². The van der Waals surface area contributed by atoms with Gasteiger partial charge in [0.2, 0.25) is 0 Å². The number of hydrogen-bond donors (Lipinski definition) is 4. The number of hydrogen-bond acceptors (Lipinski definition) is 6. The molecule has 6 nitrogen and oxygen atoms in total. The number of aliphatic hydroxyl groups is 3. The Morgan fingerprint density at radius 3 is 2.33 bits per heavy atom. The molecule has 0 bridgehead atoms. The zero-order chi connectivity index (χ0) is 15.4. The van der Waals surface area contributed by atoms with Crippen LogP contribution in [0.15, 0.2) is 24.3 Å². The molecule has 1 aromatic carbocycles. The van der Waals surface area contributed by atoms with Gasteiger partial charge in [-0.25, -0.2) is 0 Å². The van der Waals surface area contributed by atoms with Crippen LogP contribution in [-0.2, 0) is 4.74 Å². The summed E-state index contributed by atoms with van der Waals surface area (Å²) in [5.74, 6) is 0.800. The van der Waals surface area contributed by atoms with Crippen LogP contribution in [0.2, 0.25) is 0 Å². The Morgan fingerprint density at radius 1 is 1.19 bits per heavy atom. The average molecular weight is 297 g/mol. The van der Waals surface area contributed by atoms with Gasteiger partial charge < -0.3 is 30.1 Å². The van der Waals surface area contributed by atoms with Crippen LogP contribution in [-0.4, -0.2) is 60.0 Å². The zero-order valence-corrected chi connectivity index (χ0v) is 12.3. The Hall–Kier alpha value is -1.18. The maximum Gasteiger partial charge on any atom is 0.118 e. The molecular formula is C15H23NO5. The molecule has 0 radical (unpaired) electrons. The van der Waals surface area contributed by atoms with Gasteiger partial charge in [-0.15, -0.1) is 0 Å². The molecule has 1 fully saturated rings. The lowest BCUT2D eigenvalue weighted by Gasteiger charge is -2.20. The third-order valence-corrected chi connectivity index (χ3v) is 3.88. The van der Waals surface area contributed by atoms with Crippen molar-refractivity contribution in [2.24, 2.45) is 0 Å². The van der Waals surface area contributed by atoms with Gasteiger partial charge >= 0.3 is 0 Å². The normalized spacial score (nSPS) is 30.3. The van der Waals surface area contributed by atoms with Gasteiger partial charge in [0.1, 0.15) is 24.1 Å². The second-order valence-corrected chi connectivity index (χ2v) is 5.28. The van der Waals surface area contributed by atoms with Crippen LogP contribution in [0.1, 0.15) is 18.5 Å². The van der Waals surface area contributed by atoms with Crippen LogP contribution in [0, 0.1) is 0 Å². The minimum absolute atomic E-state index is 0.0667. The molecule has 0 spiro atoms. The van der Waals surface area contributed by atoms with E-state index in [4.69, 9.17) is 14.6 Å². The smallest absolute Gasteiger partial charge is 0.118 e. The first-order valence-electron chi connectivity index (χ1n) is 7.06. The Morgan fingerprint density at radius 2 is 1.81 bits per heavy atom. The Balaban J connectivity index is 1.87. The summed E-state index contributed by atoms with van der Waals surface area (Å²) < 4.78 is 10.5. The number of aliphatic hydroxyl groups excluding tert-OH is 3. The van der Waals surface area contributed by atoms with Crippen LogP contribution in [0.3, 0.4) is 0 Å². The fraction of sp³-hybridized carbons (Fsp3) is 0.600. The summed E-state index contributed by atoms with van der Waals surface area (Å²) in [6.45, 7) is 2.09. The molecule has 6 heteroatoms. The third-order valence-electron chi connectivity index (χ3n) is 3.88. The zero-order valence-electron chi connectivity index (χ0n) is 12.3. The standard InChI is InChI=1S/C15H23NO5/c1-9(10-3-5-11(20-2)6-4-10)16-7-12-14(18)15(19)13(8-17)21-12/h3-6,9,12-19H,7-8H2,1-2H3/t9-,12-,13-,14-,15-/m1/s1. The number of nitrogens with one attached hydrogen (secondary N) is 1. The molecule has 1 saturated heterocycles. The van der Waals surface area contributed by atoms with E-state index in [2.05, 4.69) is 5.32 Å². The van der Waals surface area contributed by atoms with Gasteiger partial charge in [0.15, 0.2) is 0 Å². The molecule has 4 N–H and O–H groups in total. The van der Waals surface area contributed by atoms with Crippen LogP contribution in [0.4, 0.5) is 0 Å². The summed E-state index contributed by atoms with van der Waals surface area (Å²) >= 11 is 0. The predicted octanol–water partition coefficient (Wildman–Crippen LogP) is -0.173. The molecule has 118 valence electrons. The maximum atomic E-state index is 9.87. The van der Waals surface area contributed by atoms with Crippen molar-refractivity contribution in [2.45, 2.75) is 37.4 Å². The van der Waals surface area contributed by atoms with Crippen molar-refractivity contribution in [1.82, 2.24) is 5.32 Å². The highest BCUT2D eigenvalue weighted by atomic mass is 16.6. The number of rotatable bonds is 6. The van der Waals surface area contributed by atoms with Crippen molar-refractivity contribution < 1.29 is 24.8 Å². The van der Waals surface area contributed by atoms with Crippen molar-refractivity contribution in [2.75, 3.05) is 20.3 Å². The summed E-state index contributed by atoms with van der Waals surface area (Å²) in [7, 11) is 1.62. The second-order valence-electron chi connectivity index (χ2n) is 5.28. The molecule has 0 unspecified atom stereocenters. The van der Waals surface area contributed by atoms with E-state index in [1.165, 1.54) is 0 Å². The molecule has 2 rings (SSSR count). The van der Waals surface area contributed by atoms with E-state index in [9.17, 15) is 10.2 Å². The fourth-order valence-electron chi connectivity index (χ4n) is 2.45. The quantitative estimate of drug-likeness (QED) is 0.583. The minimum Gasteiger partial charge on any atom is -0.497 e. The summed E-state index contributed by atoms with van der Waals surface area (Å²) in [6, 6.07) is 7.78. The number of benzene rings is 1. The second kappa shape index (κ2) is 7.20. The molecule has 1 aromatic rings. The summed E-state index contributed by atoms with van der Waals surface area (Å²) in [6.07, 6.45) is -3.28. The first-order valence-corrected chi connectivity index (χ1v) is 7.06. The van der Waals surface area contributed by atoms with Crippen LogP contribution in [0.25, 0.3) is 0 Å². The number of methoxy groups -OCH3 is 1. The van der Waals surface area contributed by atoms with Gasteiger partial charge in [-0.1, -0.05) is 12.1 Å². The van der Waals surface area contributed by atoms with Gasteiger partial charge in [0.25, 0.3) is 0 Å². The SMILES string of the molecule is COc1ccc([C@@H](C)NC[C@H]2O[C@H](CO)[C@@H](O)[C@@H]2O)cc1. The van der Waals surface area contributed by atoms with E-state index < -0.39 is 24.4 Å². The molecular weight excluding hydrogens is 274 g/mol. The van der Waals surface area contributed by atoms with Crippen molar-refractivity contribution in [3.05, 3.63) is 29.8 Å². The minimum atomic E-state index is -1.04. The number of ether oxygens (including phenoxy) is 2. The topological polar surface area (TPSA) is 91.2 Å². The lowest BCUT2D eigenvalue weighted by Crippen LogP contribution is -2.38. The monoisotopic (exact) mass is 297 g/mol. The van der Waals surface area contributed by atoms with Crippen molar-refractivity contribution in [1.29, 1.82) is 0 Å². The average Bonchev–Trinajstić information content (AvgIpc) is 2.80. The highest BCUT2D eigenvalue weighted by Gasteiger charge is 2.41. The highest BCUT2D eigenvalue weighted by molar-refractivity contribution is 5.28. The summed E-state index contributed by atoms with van der Waals surface area (Å²) in [5.41, 5.74) is 1.09. The van der Waals surface area contributed by atoms with E-state index in [1.807, 2.05) is 31.2 Å². The van der Waals surface area contributed by atoms with Gasteiger partial charge in [-0.3, -0.25) is 0 Å². The third kappa shape index (κ3) is 3.72. The van der Waals surface area contributed by atoms with E-state index >= 15 is 0 Å². The van der Waals surface area contributed by atoms with Crippen LogP contribution >= 0.6 is 0 Å². The predicted molar refractivity (Wildman–Crippen MR) is 77.2 cm³/mol. The Labute approximate surface area is 124 Å². The maximum absolute atomic E-state index is 9.87. The first kappa shape index (κ1) is 16.2. The van der Waals surface area contributed by atoms with Gasteiger partial charge in [-0.2, -0.15) is 0 Å². The Bertz CT molecular complexity index is 438. The molecule has 0 saturated carbocycles. The van der Waals surface area contributed by atoms with Gasteiger partial charge in [0, 0.05) is 12.6 Å². The van der Waals surface area contributed by atoms with E-state index in [-0.39, 0.29) is 12.6 Å². The van der Waals surface area contributed by atoms with Crippen molar-refractivity contribution in [3.63, 3.8) is 0 Å². The molecule has 0 aliphatic carbocycles. The lowest BCUT2D eigenvalue weighted by atomic mass is 10.1. The van der Waals surface area contributed by atoms with Crippen molar-refractivity contribution in [3.8, 4) is 5.75 Å². The van der Waals surface area contributed by atoms with E-state index in [0.29, 0.717) is 6.54 Å². The van der Waals surface area contributed by atoms with Crippen molar-refractivity contribution >= 4 is 0 Å². The van der Waals surface area contributed by atoms with E-state index in [1.54, 1.807) is 7.11 Å². The van der Waals surface area contributed by atoms with Crippen LogP contribution < -0.4 is 10.1 Å². The molecule has 21 heavy (non-hydrogen) atoms. The first-order chi connectivity index (χ1) is 10.1. The molecule has 1 heterocycles. The molecule has 1 aliphatic rings. The summed E-state index contributed by atoms with van der Waals surface area (Å²) in [4.78, 5) is 0. The fourth-order valence-corrected chi connectivity index (χ4v) is 2.45. The molecule has 0 amide bonds. The molecule has 5 atom stereocenters. The van der Waals surface area contributed by atoms with Gasteiger partial charge in [-0.05, 0) is 24.6 Å². The Kier molecular flexibility index (Phi) is 5.55.